The van der Waals surface area contributed by atoms with Crippen molar-refractivity contribution in [3.8, 4) is 5.75 Å². The van der Waals surface area contributed by atoms with E-state index in [1.54, 1.807) is 7.11 Å². The summed E-state index contributed by atoms with van der Waals surface area (Å²) in [5.74, 6) is 2.19. The summed E-state index contributed by atoms with van der Waals surface area (Å²) in [6, 6.07) is 16.5. The zero-order valence-electron chi connectivity index (χ0n) is 19.2. The molecule has 0 radical (unpaired) electrons. The van der Waals surface area contributed by atoms with Crippen molar-refractivity contribution in [2.24, 2.45) is 5.92 Å². The van der Waals surface area contributed by atoms with Crippen LogP contribution in [0, 0.1) is 5.92 Å². The highest BCUT2D eigenvalue weighted by atomic mass is 16.5. The van der Waals surface area contributed by atoms with Crippen molar-refractivity contribution in [3.63, 3.8) is 0 Å². The molecular formula is C26H34N4O2. The molecule has 0 saturated carbocycles. The second-order valence-corrected chi connectivity index (χ2v) is 8.67. The van der Waals surface area contributed by atoms with Crippen LogP contribution in [0.15, 0.2) is 48.5 Å². The van der Waals surface area contributed by atoms with Crippen LogP contribution < -0.4 is 10.1 Å². The summed E-state index contributed by atoms with van der Waals surface area (Å²) in [5.41, 5.74) is 3.37. The van der Waals surface area contributed by atoms with Gasteiger partial charge in [0.25, 0.3) is 0 Å². The number of fused-ring (bicyclic) bond motifs is 1. The van der Waals surface area contributed by atoms with Crippen LogP contribution in [-0.4, -0.2) is 47.1 Å². The second kappa shape index (κ2) is 10.6. The molecule has 1 N–H and O–H groups in total. The lowest BCUT2D eigenvalue weighted by Crippen LogP contribution is -2.43. The van der Waals surface area contributed by atoms with Gasteiger partial charge in [-0.3, -0.25) is 9.69 Å². The topological polar surface area (TPSA) is 59.4 Å². The molecule has 2 aromatic carbocycles. The van der Waals surface area contributed by atoms with Crippen LogP contribution in [0.3, 0.4) is 0 Å². The van der Waals surface area contributed by atoms with Crippen molar-refractivity contribution in [1.29, 1.82) is 0 Å². The molecule has 0 aliphatic carbocycles. The maximum atomic E-state index is 12.6. The van der Waals surface area contributed by atoms with Gasteiger partial charge in [0.2, 0.25) is 5.91 Å². The quantitative estimate of drug-likeness (QED) is 0.512. The number of ether oxygens (including phenoxy) is 1. The Balaban J connectivity index is 1.50. The molecule has 2 heterocycles. The smallest absolute Gasteiger partial charge is 0.224 e. The van der Waals surface area contributed by atoms with Gasteiger partial charge in [0.1, 0.15) is 11.6 Å². The van der Waals surface area contributed by atoms with E-state index in [0.29, 0.717) is 0 Å². The molecule has 1 aliphatic rings. The number of para-hydroxylation sites is 2. The zero-order valence-corrected chi connectivity index (χ0v) is 19.2. The molecular weight excluding hydrogens is 400 g/mol. The largest absolute Gasteiger partial charge is 0.497 e. The fraction of sp³-hybridized carbons (Fsp3) is 0.462. The van der Waals surface area contributed by atoms with Gasteiger partial charge in [0.15, 0.2) is 0 Å². The number of carbonyl (C=O) groups is 1. The van der Waals surface area contributed by atoms with Crippen LogP contribution in [0.2, 0.25) is 0 Å². The van der Waals surface area contributed by atoms with E-state index in [9.17, 15) is 4.79 Å². The Morgan fingerprint density at radius 3 is 2.75 bits per heavy atom. The number of benzene rings is 2. The number of unbranched alkanes of at least 4 members (excludes halogenated alkanes) is 1. The van der Waals surface area contributed by atoms with Gasteiger partial charge in [-0.2, -0.15) is 0 Å². The molecule has 6 nitrogen and oxygen atoms in total. The molecule has 0 spiro atoms. The fourth-order valence-corrected chi connectivity index (χ4v) is 4.48. The minimum Gasteiger partial charge on any atom is -0.497 e. The zero-order chi connectivity index (χ0) is 22.3. The third kappa shape index (κ3) is 5.30. The number of nitrogens with one attached hydrogen (secondary N) is 1. The number of amides is 1. The minimum atomic E-state index is 0.0695. The van der Waals surface area contributed by atoms with Gasteiger partial charge in [0.05, 0.1) is 30.6 Å². The molecule has 0 bridgehead atoms. The molecule has 1 fully saturated rings. The van der Waals surface area contributed by atoms with E-state index >= 15 is 0 Å². The number of rotatable bonds is 9. The van der Waals surface area contributed by atoms with Crippen LogP contribution in [0.5, 0.6) is 5.75 Å². The third-order valence-electron chi connectivity index (χ3n) is 6.30. The van der Waals surface area contributed by atoms with Gasteiger partial charge in [-0.05, 0) is 55.6 Å². The second-order valence-electron chi connectivity index (χ2n) is 8.67. The van der Waals surface area contributed by atoms with Crippen LogP contribution in [0.1, 0.15) is 44.0 Å². The minimum absolute atomic E-state index is 0.0695. The third-order valence-corrected chi connectivity index (χ3v) is 6.30. The Morgan fingerprint density at radius 1 is 1.16 bits per heavy atom. The molecule has 4 rings (SSSR count). The molecule has 1 amide bonds. The van der Waals surface area contributed by atoms with Gasteiger partial charge in [-0.15, -0.1) is 0 Å². The van der Waals surface area contributed by atoms with Crippen molar-refractivity contribution in [2.75, 3.05) is 26.7 Å². The molecule has 3 aromatic rings. The monoisotopic (exact) mass is 434 g/mol. The van der Waals surface area contributed by atoms with E-state index in [4.69, 9.17) is 9.72 Å². The van der Waals surface area contributed by atoms with Crippen LogP contribution in [-0.2, 0) is 17.9 Å². The van der Waals surface area contributed by atoms with E-state index in [2.05, 4.69) is 52.0 Å². The van der Waals surface area contributed by atoms with E-state index in [0.717, 1.165) is 81.0 Å². The number of likely N-dealkylation sites (tertiary alicyclic amines) is 1. The number of imidazole rings is 1. The van der Waals surface area contributed by atoms with Gasteiger partial charge >= 0.3 is 0 Å². The first-order valence-electron chi connectivity index (χ1n) is 11.7. The maximum absolute atomic E-state index is 12.6. The van der Waals surface area contributed by atoms with Gasteiger partial charge in [-0.25, -0.2) is 4.98 Å². The van der Waals surface area contributed by atoms with Crippen LogP contribution >= 0.6 is 0 Å². The number of aromatic nitrogens is 2. The predicted molar refractivity (Wildman–Crippen MR) is 128 cm³/mol. The lowest BCUT2D eigenvalue weighted by molar-refractivity contribution is -0.126. The highest BCUT2D eigenvalue weighted by Crippen LogP contribution is 2.23. The Morgan fingerprint density at radius 2 is 1.97 bits per heavy atom. The number of nitrogens with zero attached hydrogens (tertiary/aromatic N) is 3. The average molecular weight is 435 g/mol. The summed E-state index contributed by atoms with van der Waals surface area (Å²) in [4.78, 5) is 20.0. The summed E-state index contributed by atoms with van der Waals surface area (Å²) in [7, 11) is 1.69. The first kappa shape index (κ1) is 22.3. The summed E-state index contributed by atoms with van der Waals surface area (Å²) in [6.07, 6.45) is 4.15. The Bertz CT molecular complexity index is 1030. The van der Waals surface area contributed by atoms with Crippen molar-refractivity contribution in [3.05, 3.63) is 59.9 Å². The standard InChI is InChI=1S/C26H34N4O2/c1-3-4-15-27-26(31)21-8-7-16-29(18-21)19-25-28-23-9-5-6-10-24(23)30(25)17-20-11-13-22(32-2)14-12-20/h5-6,9-14,21H,3-4,7-8,15-19H2,1-2H3,(H,27,31)/t21-/m1/s1. The Hall–Kier alpha value is -2.86. The van der Waals surface area contributed by atoms with E-state index in [1.165, 1.54) is 5.56 Å². The van der Waals surface area contributed by atoms with Crippen molar-refractivity contribution < 1.29 is 9.53 Å². The number of methoxy groups -OCH3 is 1. The summed E-state index contributed by atoms with van der Waals surface area (Å²) in [5, 5.41) is 3.12. The molecule has 1 aromatic heterocycles. The highest BCUT2D eigenvalue weighted by Gasteiger charge is 2.26. The number of piperidine rings is 1. The van der Waals surface area contributed by atoms with E-state index in [1.807, 2.05) is 18.2 Å². The van der Waals surface area contributed by atoms with Gasteiger partial charge in [-0.1, -0.05) is 37.6 Å². The summed E-state index contributed by atoms with van der Waals surface area (Å²) in [6.45, 7) is 6.24. The SMILES string of the molecule is CCCCNC(=O)[C@@H]1CCCN(Cc2nc3ccccc3n2Cc2ccc(OC)cc2)C1. The van der Waals surface area contributed by atoms with Crippen molar-refractivity contribution >= 4 is 16.9 Å². The number of carbonyl (C=O) groups excluding carboxylic acids is 1. The van der Waals surface area contributed by atoms with Crippen LogP contribution in [0.25, 0.3) is 11.0 Å². The van der Waals surface area contributed by atoms with Crippen LogP contribution in [0.4, 0.5) is 0 Å². The maximum Gasteiger partial charge on any atom is 0.224 e. The van der Waals surface area contributed by atoms with Gasteiger partial charge in [0, 0.05) is 19.6 Å². The molecule has 0 unspecified atom stereocenters. The summed E-state index contributed by atoms with van der Waals surface area (Å²) >= 11 is 0. The lowest BCUT2D eigenvalue weighted by atomic mass is 9.97. The molecule has 1 aliphatic heterocycles. The highest BCUT2D eigenvalue weighted by molar-refractivity contribution is 5.79. The molecule has 1 atom stereocenters. The lowest BCUT2D eigenvalue weighted by Gasteiger charge is -2.31. The van der Waals surface area contributed by atoms with Crippen molar-refractivity contribution in [1.82, 2.24) is 19.8 Å². The normalized spacial score (nSPS) is 16.9. The average Bonchev–Trinajstić information content (AvgIpc) is 3.16. The Kier molecular flexibility index (Phi) is 7.43. The van der Waals surface area contributed by atoms with Gasteiger partial charge < -0.3 is 14.6 Å². The first-order valence-corrected chi connectivity index (χ1v) is 11.7. The molecule has 32 heavy (non-hydrogen) atoms. The van der Waals surface area contributed by atoms with E-state index < -0.39 is 0 Å². The molecule has 170 valence electrons. The predicted octanol–water partition coefficient (Wildman–Crippen LogP) is 4.22. The Labute approximate surface area is 190 Å². The molecule has 6 heteroatoms. The molecule has 1 saturated heterocycles. The fourth-order valence-electron chi connectivity index (χ4n) is 4.48. The van der Waals surface area contributed by atoms with E-state index in [-0.39, 0.29) is 11.8 Å². The van der Waals surface area contributed by atoms with Crippen molar-refractivity contribution in [2.45, 2.75) is 45.7 Å². The number of hydrogen-bond donors (Lipinski definition) is 1. The summed E-state index contributed by atoms with van der Waals surface area (Å²) < 4.78 is 7.61. The number of hydrogen-bond acceptors (Lipinski definition) is 4. The first-order chi connectivity index (χ1) is 15.7.